The molecule has 4 nitrogen and oxygen atoms in total. The average Bonchev–Trinajstić information content (AvgIpc) is 2.60. The second kappa shape index (κ2) is 3.16. The van der Waals surface area contributed by atoms with Crippen LogP contribution in [0.3, 0.4) is 0 Å². The molecule has 0 saturated heterocycles. The number of aliphatic hydroxyl groups excluding tert-OH is 1. The van der Waals surface area contributed by atoms with E-state index in [1.165, 1.54) is 0 Å². The third kappa shape index (κ3) is 1.30. The Kier molecular flexibility index (Phi) is 2.00. The molecule has 0 amide bonds. The molecule has 1 atom stereocenters. The van der Waals surface area contributed by atoms with Gasteiger partial charge in [0.25, 0.3) is 0 Å². The molecule has 0 fully saturated rings. The van der Waals surface area contributed by atoms with Crippen LogP contribution in [0.1, 0.15) is 11.6 Å². The van der Waals surface area contributed by atoms with E-state index in [1.807, 2.05) is 24.4 Å². The molecule has 0 aliphatic heterocycles. The van der Waals surface area contributed by atoms with Crippen LogP contribution in [0, 0.1) is 0 Å². The molecule has 0 bridgehead atoms. The molecule has 0 saturated carbocycles. The molecule has 0 aliphatic carbocycles. The zero-order valence-electron chi connectivity index (χ0n) is 7.09. The molecule has 4 heteroatoms. The molecule has 0 spiro atoms. The molecule has 2 heterocycles. The van der Waals surface area contributed by atoms with Crippen molar-refractivity contribution < 1.29 is 5.11 Å². The number of pyridine rings is 1. The van der Waals surface area contributed by atoms with Crippen molar-refractivity contribution in [2.75, 3.05) is 6.61 Å². The van der Waals surface area contributed by atoms with E-state index in [0.29, 0.717) is 0 Å². The number of nitrogens with zero attached hydrogens (tertiary/aromatic N) is 2. The van der Waals surface area contributed by atoms with Crippen molar-refractivity contribution in [3.63, 3.8) is 0 Å². The summed E-state index contributed by atoms with van der Waals surface area (Å²) in [5.41, 5.74) is 7.53. The second-order valence-electron chi connectivity index (χ2n) is 2.92. The van der Waals surface area contributed by atoms with Gasteiger partial charge in [-0.1, -0.05) is 6.07 Å². The highest BCUT2D eigenvalue weighted by Gasteiger charge is 2.09. The molecule has 0 radical (unpaired) electrons. The monoisotopic (exact) mass is 177 g/mol. The summed E-state index contributed by atoms with van der Waals surface area (Å²) in [6.45, 7) is -0.0593. The van der Waals surface area contributed by atoms with Crippen molar-refractivity contribution in [1.29, 1.82) is 0 Å². The lowest BCUT2D eigenvalue weighted by Crippen LogP contribution is -2.13. The number of aliphatic hydroxyl groups is 1. The number of hydrogen-bond donors (Lipinski definition) is 2. The Morgan fingerprint density at radius 1 is 1.54 bits per heavy atom. The van der Waals surface area contributed by atoms with Gasteiger partial charge in [-0.2, -0.15) is 5.10 Å². The number of aromatic nitrogens is 2. The van der Waals surface area contributed by atoms with Gasteiger partial charge in [-0.3, -0.25) is 0 Å². The molecule has 2 aromatic rings. The number of fused-ring (bicyclic) bond motifs is 1. The minimum atomic E-state index is -0.347. The van der Waals surface area contributed by atoms with Crippen molar-refractivity contribution in [1.82, 2.24) is 9.61 Å². The van der Waals surface area contributed by atoms with E-state index in [0.717, 1.165) is 11.1 Å². The molecular formula is C9H11N3O. The third-order valence-corrected chi connectivity index (χ3v) is 2.05. The predicted octanol–water partition coefficient (Wildman–Crippen LogP) is 0.326. The average molecular weight is 177 g/mol. The summed E-state index contributed by atoms with van der Waals surface area (Å²) in [6.07, 6.45) is 3.54. The van der Waals surface area contributed by atoms with Gasteiger partial charge >= 0.3 is 0 Å². The van der Waals surface area contributed by atoms with Gasteiger partial charge in [0.2, 0.25) is 0 Å². The van der Waals surface area contributed by atoms with Crippen LogP contribution in [0.15, 0.2) is 30.6 Å². The van der Waals surface area contributed by atoms with E-state index < -0.39 is 0 Å². The van der Waals surface area contributed by atoms with Crippen molar-refractivity contribution in [3.05, 3.63) is 36.2 Å². The van der Waals surface area contributed by atoms with E-state index in [1.54, 1.807) is 10.7 Å². The van der Waals surface area contributed by atoms with Gasteiger partial charge in [-0.05, 0) is 12.1 Å². The van der Waals surface area contributed by atoms with Gasteiger partial charge in [0.1, 0.15) is 0 Å². The molecule has 3 N–H and O–H groups in total. The molecule has 0 unspecified atom stereocenters. The highest BCUT2D eigenvalue weighted by Crippen LogP contribution is 2.15. The van der Waals surface area contributed by atoms with Crippen LogP contribution in [0.5, 0.6) is 0 Å². The van der Waals surface area contributed by atoms with Gasteiger partial charge in [0.05, 0.1) is 24.4 Å². The fraction of sp³-hybridized carbons (Fsp3) is 0.222. The van der Waals surface area contributed by atoms with Crippen LogP contribution in [0.4, 0.5) is 0 Å². The minimum absolute atomic E-state index is 0.0593. The Balaban J connectivity index is 2.57. The Morgan fingerprint density at radius 3 is 3.15 bits per heavy atom. The minimum Gasteiger partial charge on any atom is -0.394 e. The van der Waals surface area contributed by atoms with Gasteiger partial charge in [0, 0.05) is 11.8 Å². The van der Waals surface area contributed by atoms with Crippen LogP contribution in [0.2, 0.25) is 0 Å². The number of rotatable bonds is 2. The molecule has 2 aromatic heterocycles. The topological polar surface area (TPSA) is 63.5 Å². The van der Waals surface area contributed by atoms with E-state index in [2.05, 4.69) is 5.10 Å². The largest absolute Gasteiger partial charge is 0.394 e. The van der Waals surface area contributed by atoms with E-state index in [-0.39, 0.29) is 12.6 Å². The Labute approximate surface area is 75.6 Å². The molecular weight excluding hydrogens is 166 g/mol. The Morgan fingerprint density at radius 2 is 2.38 bits per heavy atom. The number of hydrogen-bond acceptors (Lipinski definition) is 3. The quantitative estimate of drug-likeness (QED) is 0.694. The van der Waals surface area contributed by atoms with Crippen LogP contribution in [-0.2, 0) is 0 Å². The lowest BCUT2D eigenvalue weighted by Gasteiger charge is -2.04. The lowest BCUT2D eigenvalue weighted by molar-refractivity contribution is 0.268. The van der Waals surface area contributed by atoms with Gasteiger partial charge in [-0.15, -0.1) is 0 Å². The first-order valence-corrected chi connectivity index (χ1v) is 4.11. The van der Waals surface area contributed by atoms with Gasteiger partial charge < -0.3 is 10.8 Å². The fourth-order valence-electron chi connectivity index (χ4n) is 1.34. The van der Waals surface area contributed by atoms with Gasteiger partial charge in [0.15, 0.2) is 0 Å². The van der Waals surface area contributed by atoms with Crippen LogP contribution in [0.25, 0.3) is 5.52 Å². The van der Waals surface area contributed by atoms with Gasteiger partial charge in [-0.25, -0.2) is 4.52 Å². The molecule has 0 aromatic carbocycles. The SMILES string of the molecule is N[C@@H](CO)c1cnn2ccccc12. The summed E-state index contributed by atoms with van der Waals surface area (Å²) in [4.78, 5) is 0. The normalized spacial score (nSPS) is 13.4. The lowest BCUT2D eigenvalue weighted by atomic mass is 10.1. The van der Waals surface area contributed by atoms with E-state index >= 15 is 0 Å². The van der Waals surface area contributed by atoms with Crippen molar-refractivity contribution >= 4 is 5.52 Å². The third-order valence-electron chi connectivity index (χ3n) is 2.05. The first-order valence-electron chi connectivity index (χ1n) is 4.11. The zero-order valence-corrected chi connectivity index (χ0v) is 7.09. The maximum Gasteiger partial charge on any atom is 0.0710 e. The Bertz CT molecular complexity index is 410. The van der Waals surface area contributed by atoms with Crippen LogP contribution in [-0.4, -0.2) is 21.3 Å². The summed E-state index contributed by atoms with van der Waals surface area (Å²) < 4.78 is 1.74. The molecule has 68 valence electrons. The smallest absolute Gasteiger partial charge is 0.0710 e. The number of nitrogens with two attached hydrogens (primary N) is 1. The second-order valence-corrected chi connectivity index (χ2v) is 2.92. The molecule has 2 rings (SSSR count). The zero-order chi connectivity index (χ0) is 9.26. The highest BCUT2D eigenvalue weighted by atomic mass is 16.3. The summed E-state index contributed by atoms with van der Waals surface area (Å²) in [7, 11) is 0. The first-order chi connectivity index (χ1) is 6.33. The highest BCUT2D eigenvalue weighted by molar-refractivity contribution is 5.54. The summed E-state index contributed by atoms with van der Waals surface area (Å²) in [5.74, 6) is 0. The van der Waals surface area contributed by atoms with E-state index in [9.17, 15) is 0 Å². The Hall–Kier alpha value is -1.39. The summed E-state index contributed by atoms with van der Waals surface area (Å²) >= 11 is 0. The maximum absolute atomic E-state index is 8.90. The fourth-order valence-corrected chi connectivity index (χ4v) is 1.34. The van der Waals surface area contributed by atoms with Crippen LogP contribution < -0.4 is 5.73 Å². The summed E-state index contributed by atoms with van der Waals surface area (Å²) in [5, 5.41) is 13.0. The molecule has 0 aliphatic rings. The van der Waals surface area contributed by atoms with Crippen molar-refractivity contribution in [2.45, 2.75) is 6.04 Å². The van der Waals surface area contributed by atoms with E-state index in [4.69, 9.17) is 10.8 Å². The first kappa shape index (κ1) is 8.22. The standard InChI is InChI=1S/C9H11N3O/c10-8(6-13)7-5-11-12-4-2-1-3-9(7)12/h1-5,8,13H,6,10H2/t8-/m0/s1. The molecule has 13 heavy (non-hydrogen) atoms. The van der Waals surface area contributed by atoms with Crippen molar-refractivity contribution in [3.8, 4) is 0 Å². The maximum atomic E-state index is 8.90. The summed E-state index contributed by atoms with van der Waals surface area (Å²) in [6, 6.07) is 5.40. The van der Waals surface area contributed by atoms with Crippen molar-refractivity contribution in [2.24, 2.45) is 5.73 Å². The van der Waals surface area contributed by atoms with Crippen LogP contribution >= 0.6 is 0 Å². The predicted molar refractivity (Wildman–Crippen MR) is 49.2 cm³/mol.